The van der Waals surface area contributed by atoms with Crippen LogP contribution >= 0.6 is 0 Å². The number of amides is 9. The molecule has 73 heavy (non-hydrogen) atoms. The molecule has 0 aliphatic heterocycles. The molecule has 23 nitrogen and oxygen atoms in total. The van der Waals surface area contributed by atoms with Gasteiger partial charge in [-0.25, -0.2) is 0 Å². The van der Waals surface area contributed by atoms with Crippen molar-refractivity contribution in [2.45, 2.75) is 207 Å². The van der Waals surface area contributed by atoms with Gasteiger partial charge in [0.15, 0.2) is 0 Å². The SMILES string of the molecule is CC[C@H](C)[C@H](N)C(=O)N[C@@H](CCCN)C(=O)N[C@H](C(=O)N[C@@H](CCCN)C(=O)N[C@H](C(=O)N[C@@H](CCCN)C(=O)N[C@H](C(=O)N[C@@H](CCCN)C(=O)N[C@H](C(N)=O)[C@@H](C)CC)[C@@H](C)CC)[C@@H](C)CC)[C@@H](C)CC. The molecule has 0 rings (SSSR count). The monoisotopic (exact) mass is 1040 g/mol. The molecule has 0 aromatic rings. The molecule has 0 saturated carbocycles. The van der Waals surface area contributed by atoms with Crippen LogP contribution in [0.4, 0.5) is 0 Å². The van der Waals surface area contributed by atoms with Gasteiger partial charge in [0.05, 0.1) is 6.04 Å². The van der Waals surface area contributed by atoms with E-state index in [2.05, 4.69) is 42.5 Å². The highest BCUT2D eigenvalue weighted by Crippen LogP contribution is 2.16. The highest BCUT2D eigenvalue weighted by molar-refractivity contribution is 5.98. The second kappa shape index (κ2) is 36.9. The molecule has 23 heteroatoms. The summed E-state index contributed by atoms with van der Waals surface area (Å²) in [5.41, 5.74) is 35.0. The van der Waals surface area contributed by atoms with Gasteiger partial charge in [-0.3, -0.25) is 43.2 Å². The van der Waals surface area contributed by atoms with Crippen LogP contribution in [0, 0.1) is 29.6 Å². The second-order valence-corrected chi connectivity index (χ2v) is 19.8. The summed E-state index contributed by atoms with van der Waals surface area (Å²) in [6, 6.07) is -9.96. The van der Waals surface area contributed by atoms with Crippen molar-refractivity contribution >= 4 is 53.2 Å². The number of nitrogens with one attached hydrogen (secondary N) is 8. The molecule has 0 saturated heterocycles. The molecule has 0 aromatic carbocycles. The maximum Gasteiger partial charge on any atom is 0.243 e. The van der Waals surface area contributed by atoms with Crippen LogP contribution in [0.25, 0.3) is 0 Å². The molecular formula is C50H98N14O9. The van der Waals surface area contributed by atoms with Crippen LogP contribution in [0.15, 0.2) is 0 Å². The van der Waals surface area contributed by atoms with Crippen molar-refractivity contribution in [3.8, 4) is 0 Å². The molecule has 0 aromatic heterocycles. The average molecular weight is 1040 g/mol. The van der Waals surface area contributed by atoms with Gasteiger partial charge in [-0.1, -0.05) is 101 Å². The van der Waals surface area contributed by atoms with E-state index < -0.39 is 125 Å². The fourth-order valence-corrected chi connectivity index (χ4v) is 7.78. The Labute approximate surface area is 435 Å². The Morgan fingerprint density at radius 3 is 0.767 bits per heavy atom. The van der Waals surface area contributed by atoms with Crippen LogP contribution in [0.5, 0.6) is 0 Å². The van der Waals surface area contributed by atoms with Crippen molar-refractivity contribution < 1.29 is 43.2 Å². The van der Waals surface area contributed by atoms with Crippen molar-refractivity contribution in [3.63, 3.8) is 0 Å². The minimum absolute atomic E-state index is 0.0646. The Hall–Kier alpha value is -4.97. The van der Waals surface area contributed by atoms with Gasteiger partial charge in [0.2, 0.25) is 53.2 Å². The van der Waals surface area contributed by atoms with Gasteiger partial charge in [-0.05, 0) is 107 Å². The number of nitrogens with two attached hydrogens (primary N) is 6. The van der Waals surface area contributed by atoms with E-state index in [-0.39, 0.29) is 63.7 Å². The van der Waals surface area contributed by atoms with Crippen LogP contribution in [0.1, 0.15) is 153 Å². The molecule has 0 unspecified atom stereocenters. The highest BCUT2D eigenvalue weighted by Gasteiger charge is 2.38. The predicted octanol–water partition coefficient (Wildman–Crippen LogP) is -1.14. The number of hydrogen-bond acceptors (Lipinski definition) is 14. The lowest BCUT2D eigenvalue weighted by molar-refractivity contribution is -0.137. The molecule has 0 bridgehead atoms. The largest absolute Gasteiger partial charge is 0.368 e. The summed E-state index contributed by atoms with van der Waals surface area (Å²) >= 11 is 0. The van der Waals surface area contributed by atoms with E-state index in [1.807, 2.05) is 41.5 Å². The Balaban J connectivity index is 6.70. The van der Waals surface area contributed by atoms with E-state index in [4.69, 9.17) is 34.4 Å². The number of primary amides is 1. The summed E-state index contributed by atoms with van der Waals surface area (Å²) in [6.45, 7) is 18.9. The summed E-state index contributed by atoms with van der Waals surface area (Å²) in [7, 11) is 0. The first-order valence-corrected chi connectivity index (χ1v) is 26.8. The van der Waals surface area contributed by atoms with Crippen LogP contribution in [0.3, 0.4) is 0 Å². The maximum atomic E-state index is 14.3. The molecule has 0 spiro atoms. The maximum absolute atomic E-state index is 14.3. The Morgan fingerprint density at radius 2 is 0.548 bits per heavy atom. The summed E-state index contributed by atoms with van der Waals surface area (Å²) in [6.07, 6.45) is 4.32. The summed E-state index contributed by atoms with van der Waals surface area (Å²) in [5, 5.41) is 22.1. The van der Waals surface area contributed by atoms with Gasteiger partial charge in [-0.15, -0.1) is 0 Å². The fourth-order valence-electron chi connectivity index (χ4n) is 7.78. The first kappa shape index (κ1) is 68.0. The zero-order valence-electron chi connectivity index (χ0n) is 45.7. The molecular weight excluding hydrogens is 941 g/mol. The van der Waals surface area contributed by atoms with Crippen LogP contribution < -0.4 is 76.9 Å². The number of carbonyl (C=O) groups is 9. The van der Waals surface area contributed by atoms with Gasteiger partial charge < -0.3 is 76.9 Å². The van der Waals surface area contributed by atoms with Crippen molar-refractivity contribution in [2.75, 3.05) is 26.2 Å². The number of rotatable bonds is 39. The summed E-state index contributed by atoms with van der Waals surface area (Å²) < 4.78 is 0. The molecule has 0 aliphatic rings. The zero-order valence-corrected chi connectivity index (χ0v) is 45.7. The second-order valence-electron chi connectivity index (χ2n) is 19.8. The van der Waals surface area contributed by atoms with Gasteiger partial charge in [0, 0.05) is 0 Å². The smallest absolute Gasteiger partial charge is 0.243 e. The summed E-state index contributed by atoms with van der Waals surface area (Å²) in [4.78, 5) is 124. The summed E-state index contributed by atoms with van der Waals surface area (Å²) in [5.74, 6) is -7.76. The van der Waals surface area contributed by atoms with Gasteiger partial charge in [0.25, 0.3) is 0 Å². The van der Waals surface area contributed by atoms with E-state index in [0.29, 0.717) is 57.8 Å². The molecule has 422 valence electrons. The number of hydrogen-bond donors (Lipinski definition) is 14. The van der Waals surface area contributed by atoms with Crippen LogP contribution in [-0.4, -0.2) is 134 Å². The normalized spacial score (nSPS) is 17.1. The molecule has 0 radical (unpaired) electrons. The molecule has 9 amide bonds. The molecule has 0 aliphatic carbocycles. The average Bonchev–Trinajstić information content (AvgIpc) is 3.37. The number of carbonyl (C=O) groups excluding carboxylic acids is 9. The van der Waals surface area contributed by atoms with E-state index in [9.17, 15) is 43.2 Å². The van der Waals surface area contributed by atoms with Crippen molar-refractivity contribution in [1.29, 1.82) is 0 Å². The lowest BCUT2D eigenvalue weighted by atomic mass is 9.95. The Kier molecular flexibility index (Phi) is 34.4. The third kappa shape index (κ3) is 23.8. The standard InChI is InChI=1S/C50H98N14O9/c1-11-28(6)37(55)47(70)57-33(20-16-24-51)44(67)62-39(30(8)13-3)49(72)59-35(22-18-26-53)46(69)64-41(32(10)15-5)50(73)60-36(23-19-27-54)45(68)63-40(31(9)14-4)48(71)58-34(21-17-25-52)43(66)61-38(42(56)65)29(7)12-2/h28-41H,11-27,51-55H2,1-10H3,(H2,56,65)(H,57,70)(H,58,71)(H,59,72)(H,60,73)(H,61,66)(H,62,67)(H,63,68)(H,64,69)/t28-,29-,30-,31-,32-,33-,34-,35-,36-,37-,38-,39-,40-,41-/m0/s1. The van der Waals surface area contributed by atoms with Crippen molar-refractivity contribution in [3.05, 3.63) is 0 Å². The third-order valence-corrected chi connectivity index (χ3v) is 14.1. The fraction of sp³-hybridized carbons (Fsp3) is 0.820. The minimum Gasteiger partial charge on any atom is -0.368 e. The van der Waals surface area contributed by atoms with Gasteiger partial charge in [-0.2, -0.15) is 0 Å². The first-order chi connectivity index (χ1) is 34.5. The van der Waals surface area contributed by atoms with Crippen LogP contribution in [-0.2, 0) is 43.2 Å². The van der Waals surface area contributed by atoms with E-state index >= 15 is 0 Å². The molecule has 0 fully saturated rings. The van der Waals surface area contributed by atoms with Gasteiger partial charge in [0.1, 0.15) is 48.3 Å². The Morgan fingerprint density at radius 1 is 0.329 bits per heavy atom. The van der Waals surface area contributed by atoms with E-state index in [0.717, 1.165) is 0 Å². The quantitative estimate of drug-likeness (QED) is 0.0347. The van der Waals surface area contributed by atoms with Crippen molar-refractivity contribution in [2.24, 2.45) is 64.0 Å². The Bertz CT molecular complexity index is 1730. The zero-order chi connectivity index (χ0) is 56.0. The van der Waals surface area contributed by atoms with Crippen molar-refractivity contribution in [1.82, 2.24) is 42.5 Å². The molecule has 20 N–H and O–H groups in total. The topological polar surface area (TPSA) is 406 Å². The van der Waals surface area contributed by atoms with E-state index in [1.165, 1.54) is 0 Å². The lowest BCUT2D eigenvalue weighted by Crippen LogP contribution is -2.62. The van der Waals surface area contributed by atoms with Crippen LogP contribution in [0.2, 0.25) is 0 Å². The predicted molar refractivity (Wildman–Crippen MR) is 283 cm³/mol. The lowest BCUT2D eigenvalue weighted by Gasteiger charge is -2.31. The minimum atomic E-state index is -1.22. The molecule has 0 heterocycles. The van der Waals surface area contributed by atoms with E-state index in [1.54, 1.807) is 27.7 Å². The van der Waals surface area contributed by atoms with Gasteiger partial charge >= 0.3 is 0 Å². The third-order valence-electron chi connectivity index (χ3n) is 14.1. The highest BCUT2D eigenvalue weighted by atomic mass is 16.2. The molecule has 14 atom stereocenters. The first-order valence-electron chi connectivity index (χ1n) is 26.8.